The summed E-state index contributed by atoms with van der Waals surface area (Å²) in [6.07, 6.45) is 6.86. The van der Waals surface area contributed by atoms with Crippen molar-refractivity contribution in [3.05, 3.63) is 29.6 Å². The molecule has 0 unspecified atom stereocenters. The number of carbonyl (C=O) groups is 1. The molecule has 2 aliphatic heterocycles. The molecular weight excluding hydrogens is 344 g/mol. The number of nitrogens with one attached hydrogen (secondary N) is 1. The molecule has 2 saturated heterocycles. The molecule has 0 atom stereocenters. The predicted octanol–water partition coefficient (Wildman–Crippen LogP) is 0.851. The van der Waals surface area contributed by atoms with Crippen molar-refractivity contribution in [2.75, 3.05) is 44.2 Å². The molecule has 2 aromatic rings. The molecule has 4 rings (SSSR count). The van der Waals surface area contributed by atoms with Crippen LogP contribution >= 0.6 is 0 Å². The topological polar surface area (TPSA) is 94.1 Å². The number of aromatic amines is 1. The third-order valence-electron chi connectivity index (χ3n) is 5.33. The number of aromatic nitrogens is 5. The van der Waals surface area contributed by atoms with Crippen molar-refractivity contribution in [1.29, 1.82) is 0 Å². The second-order valence-corrected chi connectivity index (χ2v) is 7.22. The number of rotatable bonds is 4. The molecule has 0 aromatic carbocycles. The van der Waals surface area contributed by atoms with Crippen LogP contribution in [0.2, 0.25) is 0 Å². The third kappa shape index (κ3) is 4.08. The summed E-state index contributed by atoms with van der Waals surface area (Å²) in [7, 11) is 0. The van der Waals surface area contributed by atoms with Crippen LogP contribution in [-0.4, -0.2) is 80.1 Å². The molecule has 2 fully saturated rings. The van der Waals surface area contributed by atoms with E-state index in [9.17, 15) is 4.79 Å². The molecule has 9 nitrogen and oxygen atoms in total. The molecule has 4 heterocycles. The van der Waals surface area contributed by atoms with Gasteiger partial charge in [0.15, 0.2) is 0 Å². The number of piperidine rings is 1. The van der Waals surface area contributed by atoms with E-state index in [4.69, 9.17) is 0 Å². The standard InChI is InChI=1S/C18H26N8O/c1-14-15(11-19-18(22-14)26-5-3-2-4-6-26)17(27)25-9-7-24(8-10-25)12-16-20-13-21-23-16/h11,13H,2-10,12H2,1H3,(H,20,21,23). The van der Waals surface area contributed by atoms with E-state index < -0.39 is 0 Å². The monoisotopic (exact) mass is 370 g/mol. The fraction of sp³-hybridized carbons (Fsp3) is 0.611. The Bertz CT molecular complexity index is 764. The second kappa shape index (κ2) is 7.99. The molecule has 2 aliphatic rings. The van der Waals surface area contributed by atoms with Crippen LogP contribution in [0.5, 0.6) is 0 Å². The van der Waals surface area contributed by atoms with Gasteiger partial charge in [-0.1, -0.05) is 0 Å². The van der Waals surface area contributed by atoms with Crippen molar-refractivity contribution < 1.29 is 4.79 Å². The Morgan fingerprint density at radius 2 is 1.85 bits per heavy atom. The lowest BCUT2D eigenvalue weighted by Gasteiger charge is -2.34. The zero-order valence-corrected chi connectivity index (χ0v) is 15.8. The van der Waals surface area contributed by atoms with Crippen LogP contribution in [-0.2, 0) is 6.54 Å². The molecule has 0 radical (unpaired) electrons. The average molecular weight is 370 g/mol. The van der Waals surface area contributed by atoms with E-state index in [1.54, 1.807) is 6.20 Å². The SMILES string of the molecule is Cc1nc(N2CCCCC2)ncc1C(=O)N1CCN(Cc2ncn[nH]2)CC1. The largest absolute Gasteiger partial charge is 0.341 e. The fourth-order valence-electron chi connectivity index (χ4n) is 3.71. The first-order valence-electron chi connectivity index (χ1n) is 9.65. The summed E-state index contributed by atoms with van der Waals surface area (Å²) >= 11 is 0. The number of anilines is 1. The van der Waals surface area contributed by atoms with Gasteiger partial charge >= 0.3 is 0 Å². The number of H-pyrrole nitrogens is 1. The Labute approximate surface area is 158 Å². The van der Waals surface area contributed by atoms with Crippen LogP contribution in [0.1, 0.15) is 41.1 Å². The Balaban J connectivity index is 1.36. The van der Waals surface area contributed by atoms with Crippen LogP contribution in [0.3, 0.4) is 0 Å². The molecule has 0 saturated carbocycles. The average Bonchev–Trinajstić information content (AvgIpc) is 3.22. The Morgan fingerprint density at radius 1 is 1.07 bits per heavy atom. The van der Waals surface area contributed by atoms with Gasteiger partial charge in [-0.15, -0.1) is 0 Å². The highest BCUT2D eigenvalue weighted by atomic mass is 16.2. The van der Waals surface area contributed by atoms with Crippen molar-refractivity contribution in [2.24, 2.45) is 0 Å². The molecule has 0 bridgehead atoms. The first kappa shape index (κ1) is 17.8. The van der Waals surface area contributed by atoms with Gasteiger partial charge in [0, 0.05) is 45.5 Å². The molecule has 2 aromatic heterocycles. The van der Waals surface area contributed by atoms with Crippen LogP contribution < -0.4 is 4.90 Å². The van der Waals surface area contributed by atoms with Crippen LogP contribution in [0, 0.1) is 6.92 Å². The van der Waals surface area contributed by atoms with Crippen molar-refractivity contribution in [3.63, 3.8) is 0 Å². The maximum absolute atomic E-state index is 12.9. The summed E-state index contributed by atoms with van der Waals surface area (Å²) in [6, 6.07) is 0. The van der Waals surface area contributed by atoms with Gasteiger partial charge in [-0.3, -0.25) is 14.8 Å². The Morgan fingerprint density at radius 3 is 2.52 bits per heavy atom. The minimum atomic E-state index is 0.0250. The highest BCUT2D eigenvalue weighted by Crippen LogP contribution is 2.18. The first-order chi connectivity index (χ1) is 13.2. The lowest BCUT2D eigenvalue weighted by molar-refractivity contribution is 0.0624. The van der Waals surface area contributed by atoms with Gasteiger partial charge in [0.25, 0.3) is 5.91 Å². The van der Waals surface area contributed by atoms with Crippen molar-refractivity contribution in [3.8, 4) is 0 Å². The number of hydrogen-bond acceptors (Lipinski definition) is 7. The summed E-state index contributed by atoms with van der Waals surface area (Å²) < 4.78 is 0. The summed E-state index contributed by atoms with van der Waals surface area (Å²) in [4.78, 5) is 32.6. The van der Waals surface area contributed by atoms with Gasteiger partial charge in [-0.05, 0) is 26.2 Å². The van der Waals surface area contributed by atoms with Gasteiger partial charge < -0.3 is 9.80 Å². The highest BCUT2D eigenvalue weighted by molar-refractivity contribution is 5.95. The van der Waals surface area contributed by atoms with Gasteiger partial charge in [0.2, 0.25) is 5.95 Å². The molecule has 0 spiro atoms. The molecular formula is C18H26N8O. The number of piperazine rings is 1. The van der Waals surface area contributed by atoms with Crippen LogP contribution in [0.4, 0.5) is 5.95 Å². The molecule has 1 N–H and O–H groups in total. The summed E-state index contributed by atoms with van der Waals surface area (Å²) in [5.41, 5.74) is 1.37. The lowest BCUT2D eigenvalue weighted by Crippen LogP contribution is -2.48. The maximum Gasteiger partial charge on any atom is 0.257 e. The van der Waals surface area contributed by atoms with Gasteiger partial charge in [-0.25, -0.2) is 15.0 Å². The number of carbonyl (C=O) groups excluding carboxylic acids is 1. The van der Waals surface area contributed by atoms with E-state index in [1.807, 2.05) is 11.8 Å². The van der Waals surface area contributed by atoms with E-state index in [-0.39, 0.29) is 5.91 Å². The summed E-state index contributed by atoms with van der Waals surface area (Å²) in [5.74, 6) is 1.63. The van der Waals surface area contributed by atoms with E-state index in [0.717, 1.165) is 50.2 Å². The molecule has 144 valence electrons. The summed E-state index contributed by atoms with van der Waals surface area (Å²) in [5, 5.41) is 6.76. The molecule has 9 heteroatoms. The van der Waals surface area contributed by atoms with Crippen LogP contribution in [0.25, 0.3) is 0 Å². The van der Waals surface area contributed by atoms with Gasteiger partial charge in [-0.2, -0.15) is 5.10 Å². The minimum Gasteiger partial charge on any atom is -0.341 e. The summed E-state index contributed by atoms with van der Waals surface area (Å²) in [6.45, 7) is 7.66. The maximum atomic E-state index is 12.9. The first-order valence-corrected chi connectivity index (χ1v) is 9.65. The highest BCUT2D eigenvalue weighted by Gasteiger charge is 2.25. The Kier molecular flexibility index (Phi) is 5.28. The normalized spacial score (nSPS) is 18.7. The molecule has 1 amide bonds. The van der Waals surface area contributed by atoms with E-state index in [1.165, 1.54) is 25.6 Å². The van der Waals surface area contributed by atoms with Crippen molar-refractivity contribution in [1.82, 2.24) is 34.9 Å². The Hall–Kier alpha value is -2.55. The number of hydrogen-bond donors (Lipinski definition) is 1. The predicted molar refractivity (Wildman–Crippen MR) is 100 cm³/mol. The lowest BCUT2D eigenvalue weighted by atomic mass is 10.1. The van der Waals surface area contributed by atoms with E-state index >= 15 is 0 Å². The van der Waals surface area contributed by atoms with Crippen molar-refractivity contribution in [2.45, 2.75) is 32.7 Å². The number of aryl methyl sites for hydroxylation is 1. The fourth-order valence-corrected chi connectivity index (χ4v) is 3.71. The van der Waals surface area contributed by atoms with Crippen LogP contribution in [0.15, 0.2) is 12.5 Å². The second-order valence-electron chi connectivity index (χ2n) is 7.22. The number of nitrogens with zero attached hydrogens (tertiary/aromatic N) is 7. The molecule has 0 aliphatic carbocycles. The zero-order valence-electron chi connectivity index (χ0n) is 15.8. The minimum absolute atomic E-state index is 0.0250. The van der Waals surface area contributed by atoms with E-state index in [0.29, 0.717) is 18.7 Å². The quantitative estimate of drug-likeness (QED) is 0.853. The zero-order chi connectivity index (χ0) is 18.6. The molecule has 27 heavy (non-hydrogen) atoms. The van der Waals surface area contributed by atoms with E-state index in [2.05, 4.69) is 34.9 Å². The van der Waals surface area contributed by atoms with Gasteiger partial charge in [0.05, 0.1) is 17.8 Å². The van der Waals surface area contributed by atoms with Gasteiger partial charge in [0.1, 0.15) is 12.2 Å². The third-order valence-corrected chi connectivity index (χ3v) is 5.33. The smallest absolute Gasteiger partial charge is 0.257 e. The number of amides is 1. The van der Waals surface area contributed by atoms with Crippen molar-refractivity contribution >= 4 is 11.9 Å².